The molecule has 2 aromatic rings. The molecule has 0 spiro atoms. The minimum absolute atomic E-state index is 0.508. The number of aromatic nitrogens is 3. The smallest absolute Gasteiger partial charge is 0.136 e. The monoisotopic (exact) mass is 261 g/mol. The summed E-state index contributed by atoms with van der Waals surface area (Å²) in [7, 11) is 0. The van der Waals surface area contributed by atoms with E-state index < -0.39 is 0 Å². The Hall–Kier alpha value is -1.69. The molecule has 1 saturated carbocycles. The quantitative estimate of drug-likeness (QED) is 0.883. The van der Waals surface area contributed by atoms with Gasteiger partial charge in [-0.2, -0.15) is 0 Å². The molecule has 18 heavy (non-hydrogen) atoms. The van der Waals surface area contributed by atoms with Gasteiger partial charge in [0.25, 0.3) is 0 Å². The molecule has 0 radical (unpaired) electrons. The number of anilines is 2. The fourth-order valence-electron chi connectivity index (χ4n) is 1.75. The van der Waals surface area contributed by atoms with Crippen molar-refractivity contribution < 1.29 is 0 Å². The van der Waals surface area contributed by atoms with Crippen LogP contribution in [0.1, 0.15) is 35.2 Å². The second-order valence-corrected chi connectivity index (χ2v) is 5.47. The highest BCUT2D eigenvalue weighted by molar-refractivity contribution is 7.09. The van der Waals surface area contributed by atoms with Crippen LogP contribution in [0.4, 0.5) is 11.6 Å². The molecule has 0 aliphatic heterocycles. The van der Waals surface area contributed by atoms with Crippen molar-refractivity contribution >= 4 is 23.0 Å². The number of rotatable bonds is 4. The van der Waals surface area contributed by atoms with E-state index in [1.54, 1.807) is 17.5 Å². The number of nitrogens with two attached hydrogens (primary N) is 1. The van der Waals surface area contributed by atoms with E-state index in [0.29, 0.717) is 18.3 Å². The molecule has 0 atom stereocenters. The highest BCUT2D eigenvalue weighted by Gasteiger charge is 2.27. The Morgan fingerprint density at radius 2 is 2.28 bits per heavy atom. The second kappa shape index (κ2) is 4.53. The van der Waals surface area contributed by atoms with Crippen molar-refractivity contribution in [3.63, 3.8) is 0 Å². The standard InChI is InChI=1S/C12H15N5S/c1-7-10(13)16-12(8-2-3-8)17-11(7)15-6-9-14-4-5-18-9/h4-5,8H,2-3,6H2,1H3,(H3,13,15,16,17). The Kier molecular flexibility index (Phi) is 2.87. The first-order valence-electron chi connectivity index (χ1n) is 6.00. The van der Waals surface area contributed by atoms with Gasteiger partial charge in [0.2, 0.25) is 0 Å². The lowest BCUT2D eigenvalue weighted by Crippen LogP contribution is -2.09. The number of thiazole rings is 1. The third kappa shape index (κ3) is 2.28. The molecule has 0 amide bonds. The molecule has 5 nitrogen and oxygen atoms in total. The Bertz CT molecular complexity index is 548. The minimum atomic E-state index is 0.508. The van der Waals surface area contributed by atoms with Crippen LogP contribution in [0.25, 0.3) is 0 Å². The molecule has 2 heterocycles. The summed E-state index contributed by atoms with van der Waals surface area (Å²) in [6.07, 6.45) is 4.15. The van der Waals surface area contributed by atoms with Crippen molar-refractivity contribution in [3.8, 4) is 0 Å². The largest absolute Gasteiger partial charge is 0.383 e. The Balaban J connectivity index is 1.81. The molecule has 3 N–H and O–H groups in total. The molecule has 0 aromatic carbocycles. The van der Waals surface area contributed by atoms with Crippen molar-refractivity contribution in [3.05, 3.63) is 28.0 Å². The van der Waals surface area contributed by atoms with Crippen molar-refractivity contribution in [2.24, 2.45) is 0 Å². The maximum absolute atomic E-state index is 5.93. The molecule has 1 aliphatic carbocycles. The molecule has 1 aliphatic rings. The summed E-state index contributed by atoms with van der Waals surface area (Å²) in [5, 5.41) is 6.30. The summed E-state index contributed by atoms with van der Waals surface area (Å²) in [4.78, 5) is 13.2. The number of nitrogens with zero attached hydrogens (tertiary/aromatic N) is 3. The first-order chi connectivity index (χ1) is 8.74. The predicted molar refractivity (Wildman–Crippen MR) is 72.6 cm³/mol. The van der Waals surface area contributed by atoms with E-state index in [9.17, 15) is 0 Å². The van der Waals surface area contributed by atoms with Crippen LogP contribution >= 0.6 is 11.3 Å². The van der Waals surface area contributed by atoms with Gasteiger partial charge in [0.1, 0.15) is 22.5 Å². The zero-order valence-corrected chi connectivity index (χ0v) is 11.0. The van der Waals surface area contributed by atoms with Gasteiger partial charge >= 0.3 is 0 Å². The maximum atomic E-state index is 5.93. The van der Waals surface area contributed by atoms with Crippen LogP contribution in [0.2, 0.25) is 0 Å². The molecule has 0 unspecified atom stereocenters. The van der Waals surface area contributed by atoms with Crippen LogP contribution in [0, 0.1) is 6.92 Å². The van der Waals surface area contributed by atoms with E-state index >= 15 is 0 Å². The summed E-state index contributed by atoms with van der Waals surface area (Å²) in [5.41, 5.74) is 6.84. The molecule has 0 bridgehead atoms. The SMILES string of the molecule is Cc1c(N)nc(C2CC2)nc1NCc1nccs1. The van der Waals surface area contributed by atoms with Gasteiger partial charge in [-0.05, 0) is 19.8 Å². The van der Waals surface area contributed by atoms with Gasteiger partial charge < -0.3 is 11.1 Å². The Labute approximate surface area is 109 Å². The van der Waals surface area contributed by atoms with Crippen LogP contribution in [0.5, 0.6) is 0 Å². The van der Waals surface area contributed by atoms with Crippen LogP contribution in [-0.2, 0) is 6.54 Å². The first kappa shape index (κ1) is 11.4. The van der Waals surface area contributed by atoms with Gasteiger partial charge in [0.15, 0.2) is 0 Å². The number of hydrogen-bond acceptors (Lipinski definition) is 6. The topological polar surface area (TPSA) is 76.7 Å². The number of nitrogen functional groups attached to an aromatic ring is 1. The van der Waals surface area contributed by atoms with E-state index in [2.05, 4.69) is 20.3 Å². The van der Waals surface area contributed by atoms with Crippen molar-refractivity contribution in [2.45, 2.75) is 32.2 Å². The highest BCUT2D eigenvalue weighted by atomic mass is 32.1. The molecule has 1 fully saturated rings. The summed E-state index contributed by atoms with van der Waals surface area (Å²) in [6, 6.07) is 0. The Morgan fingerprint density at radius 1 is 1.44 bits per heavy atom. The van der Waals surface area contributed by atoms with E-state index in [0.717, 1.165) is 22.2 Å². The van der Waals surface area contributed by atoms with E-state index in [1.807, 2.05) is 12.3 Å². The van der Waals surface area contributed by atoms with Crippen LogP contribution < -0.4 is 11.1 Å². The number of hydrogen-bond donors (Lipinski definition) is 2. The lowest BCUT2D eigenvalue weighted by atomic mass is 10.3. The van der Waals surface area contributed by atoms with Crippen LogP contribution in [-0.4, -0.2) is 15.0 Å². The molecule has 0 saturated heterocycles. The van der Waals surface area contributed by atoms with E-state index in [1.165, 1.54) is 12.8 Å². The predicted octanol–water partition coefficient (Wildman–Crippen LogP) is 2.31. The lowest BCUT2D eigenvalue weighted by Gasteiger charge is -2.10. The number of nitrogens with one attached hydrogen (secondary N) is 1. The zero-order chi connectivity index (χ0) is 12.5. The van der Waals surface area contributed by atoms with Gasteiger partial charge in [-0.15, -0.1) is 11.3 Å². The molecule has 3 rings (SSSR count). The van der Waals surface area contributed by atoms with Crippen molar-refractivity contribution in [2.75, 3.05) is 11.1 Å². The summed E-state index contributed by atoms with van der Waals surface area (Å²) in [5.74, 6) is 2.79. The molecule has 94 valence electrons. The van der Waals surface area contributed by atoms with Gasteiger partial charge in [0, 0.05) is 23.1 Å². The summed E-state index contributed by atoms with van der Waals surface area (Å²) < 4.78 is 0. The summed E-state index contributed by atoms with van der Waals surface area (Å²) in [6.45, 7) is 2.62. The van der Waals surface area contributed by atoms with Gasteiger partial charge in [-0.1, -0.05) is 0 Å². The second-order valence-electron chi connectivity index (χ2n) is 4.49. The lowest BCUT2D eigenvalue weighted by molar-refractivity contribution is 0.916. The first-order valence-corrected chi connectivity index (χ1v) is 6.88. The third-order valence-corrected chi connectivity index (χ3v) is 3.81. The van der Waals surface area contributed by atoms with Crippen LogP contribution in [0.3, 0.4) is 0 Å². The van der Waals surface area contributed by atoms with Gasteiger partial charge in [-0.25, -0.2) is 15.0 Å². The molecule has 2 aromatic heterocycles. The van der Waals surface area contributed by atoms with Crippen molar-refractivity contribution in [1.29, 1.82) is 0 Å². The normalized spacial score (nSPS) is 14.7. The van der Waals surface area contributed by atoms with Crippen LogP contribution in [0.15, 0.2) is 11.6 Å². The Morgan fingerprint density at radius 3 is 2.94 bits per heavy atom. The zero-order valence-electron chi connectivity index (χ0n) is 10.2. The van der Waals surface area contributed by atoms with Crippen molar-refractivity contribution in [1.82, 2.24) is 15.0 Å². The average molecular weight is 261 g/mol. The molecular formula is C12H15N5S. The highest BCUT2D eigenvalue weighted by Crippen LogP contribution is 2.39. The fraction of sp³-hybridized carbons (Fsp3) is 0.417. The minimum Gasteiger partial charge on any atom is -0.383 e. The van der Waals surface area contributed by atoms with E-state index in [4.69, 9.17) is 5.73 Å². The van der Waals surface area contributed by atoms with Gasteiger partial charge in [-0.3, -0.25) is 0 Å². The van der Waals surface area contributed by atoms with E-state index in [-0.39, 0.29) is 0 Å². The average Bonchev–Trinajstić information content (AvgIpc) is 3.08. The third-order valence-electron chi connectivity index (χ3n) is 3.03. The molecule has 6 heteroatoms. The molecular weight excluding hydrogens is 246 g/mol. The maximum Gasteiger partial charge on any atom is 0.136 e. The van der Waals surface area contributed by atoms with Gasteiger partial charge in [0.05, 0.1) is 6.54 Å². The fourth-order valence-corrected chi connectivity index (χ4v) is 2.30. The summed E-state index contributed by atoms with van der Waals surface area (Å²) >= 11 is 1.63.